The Bertz CT molecular complexity index is 8.90. The molecule has 1 heteroatoms. The minimum Gasteiger partial charge on any atom is -0.346 e. The predicted octanol–water partition coefficient (Wildman–Crippen LogP) is 2.31. The first-order chi connectivity index (χ1) is 2.73. The van der Waals surface area contributed by atoms with Crippen molar-refractivity contribution in [2.45, 2.75) is 20.8 Å². The van der Waals surface area contributed by atoms with Crippen LogP contribution in [0.5, 0.6) is 0 Å². The summed E-state index contributed by atoms with van der Waals surface area (Å²) in [5.41, 5.74) is 0. The summed E-state index contributed by atoms with van der Waals surface area (Å²) in [6.45, 7) is 12.8. The minimum atomic E-state index is 0. The Balaban J connectivity index is -0.0000000480. The van der Waals surface area contributed by atoms with E-state index in [1.54, 1.807) is 6.92 Å². The first-order valence-electron chi connectivity index (χ1n) is 2.27. The van der Waals surface area contributed by atoms with Crippen molar-refractivity contribution in [3.8, 4) is 0 Å². The van der Waals surface area contributed by atoms with Crippen LogP contribution in [0.25, 0.3) is 0 Å². The molecular formula is C6H14W. The molecule has 0 atom stereocenters. The molecule has 0 amide bonds. The molecule has 0 rings (SSSR count). The van der Waals surface area contributed by atoms with Crippen molar-refractivity contribution >= 4 is 0 Å². The smallest absolute Gasteiger partial charge is 0.346 e. The summed E-state index contributed by atoms with van der Waals surface area (Å²) in [6.07, 6.45) is 0. The molecule has 0 saturated carbocycles. The zero-order valence-electron chi connectivity index (χ0n) is 5.40. The summed E-state index contributed by atoms with van der Waals surface area (Å²) in [4.78, 5) is 0. The van der Waals surface area contributed by atoms with E-state index in [9.17, 15) is 0 Å². The molecule has 0 nitrogen and oxygen atoms in total. The Morgan fingerprint density at radius 2 is 1.14 bits per heavy atom. The third-order valence-corrected chi connectivity index (χ3v) is 0. The van der Waals surface area contributed by atoms with Crippen LogP contribution in [0.1, 0.15) is 20.8 Å². The topological polar surface area (TPSA) is 0 Å². The Morgan fingerprint density at radius 3 is 1.14 bits per heavy atom. The zero-order chi connectivity index (χ0) is 5.58. The number of hydrogen-bond acceptors (Lipinski definition) is 0. The van der Waals surface area contributed by atoms with Gasteiger partial charge in [-0.05, 0) is 0 Å². The van der Waals surface area contributed by atoms with Crippen LogP contribution in [-0.4, -0.2) is 0 Å². The van der Waals surface area contributed by atoms with Crippen molar-refractivity contribution < 1.29 is 21.1 Å². The van der Waals surface area contributed by atoms with Gasteiger partial charge in [0.25, 0.3) is 0 Å². The van der Waals surface area contributed by atoms with E-state index in [4.69, 9.17) is 0 Å². The standard InChI is InChI=1S/C4H9.C2H5.W/c1-4(2)3;1-2;/h4H,1H2,2-3H3;1H2,2H3;/q2*-1;+2. The second-order valence-corrected chi connectivity index (χ2v) is 1.39. The molecule has 0 unspecified atom stereocenters. The van der Waals surface area contributed by atoms with Crippen molar-refractivity contribution in [2.75, 3.05) is 0 Å². The summed E-state index contributed by atoms with van der Waals surface area (Å²) in [7, 11) is 0. The SMILES string of the molecule is [CH2-]C.[CH2-]C(C)C.[W+2]. The Hall–Kier alpha value is 0.688. The maximum atomic E-state index is 3.64. The maximum absolute atomic E-state index is 3.64. The normalized spacial score (nSPS) is 6.00. The van der Waals surface area contributed by atoms with Crippen molar-refractivity contribution in [1.82, 2.24) is 0 Å². The molecule has 0 spiro atoms. The van der Waals surface area contributed by atoms with Gasteiger partial charge in [0.15, 0.2) is 0 Å². The van der Waals surface area contributed by atoms with Crippen LogP contribution in [0.4, 0.5) is 0 Å². The molecule has 0 heterocycles. The molecule has 0 aromatic heterocycles. The van der Waals surface area contributed by atoms with Crippen LogP contribution in [0.3, 0.4) is 0 Å². The number of rotatable bonds is 0. The van der Waals surface area contributed by atoms with Gasteiger partial charge in [-0.1, -0.05) is 13.8 Å². The summed E-state index contributed by atoms with van der Waals surface area (Å²) < 4.78 is 0. The van der Waals surface area contributed by atoms with Gasteiger partial charge < -0.3 is 13.8 Å². The van der Waals surface area contributed by atoms with Gasteiger partial charge >= 0.3 is 21.1 Å². The van der Waals surface area contributed by atoms with Gasteiger partial charge in [-0.25, -0.2) is 0 Å². The molecule has 7 heavy (non-hydrogen) atoms. The molecule has 44 valence electrons. The van der Waals surface area contributed by atoms with Crippen LogP contribution in [0, 0.1) is 19.8 Å². The van der Waals surface area contributed by atoms with Gasteiger partial charge in [0.05, 0.1) is 0 Å². The first-order valence-corrected chi connectivity index (χ1v) is 2.27. The quantitative estimate of drug-likeness (QED) is 0.592. The fraction of sp³-hybridized carbons (Fsp3) is 0.667. The fourth-order valence-corrected chi connectivity index (χ4v) is 0. The largest absolute Gasteiger partial charge is 2.00 e. The Morgan fingerprint density at radius 1 is 1.14 bits per heavy atom. The van der Waals surface area contributed by atoms with Crippen LogP contribution >= 0.6 is 0 Å². The third-order valence-electron chi connectivity index (χ3n) is 0. The molecule has 0 N–H and O–H groups in total. The molecule has 0 fully saturated rings. The zero-order valence-corrected chi connectivity index (χ0v) is 8.33. The van der Waals surface area contributed by atoms with Gasteiger partial charge in [0.2, 0.25) is 0 Å². The van der Waals surface area contributed by atoms with E-state index in [1.165, 1.54) is 0 Å². The Kier molecular flexibility index (Phi) is 35.6. The van der Waals surface area contributed by atoms with E-state index in [1.807, 2.05) is 0 Å². The summed E-state index contributed by atoms with van der Waals surface area (Å²) in [6, 6.07) is 0. The van der Waals surface area contributed by atoms with Crippen molar-refractivity contribution in [2.24, 2.45) is 5.92 Å². The van der Waals surface area contributed by atoms with Crippen molar-refractivity contribution in [3.63, 3.8) is 0 Å². The van der Waals surface area contributed by atoms with E-state index >= 15 is 0 Å². The van der Waals surface area contributed by atoms with Gasteiger partial charge in [-0.15, -0.1) is 0 Å². The third kappa shape index (κ3) is 310. The van der Waals surface area contributed by atoms with Gasteiger partial charge in [0, 0.05) is 0 Å². The Labute approximate surface area is 62.0 Å². The summed E-state index contributed by atoms with van der Waals surface area (Å²) in [5.74, 6) is 0.583. The molecule has 0 saturated heterocycles. The van der Waals surface area contributed by atoms with Crippen molar-refractivity contribution in [1.29, 1.82) is 0 Å². The van der Waals surface area contributed by atoms with Gasteiger partial charge in [-0.3, -0.25) is 0 Å². The van der Waals surface area contributed by atoms with Gasteiger partial charge in [0.1, 0.15) is 0 Å². The van der Waals surface area contributed by atoms with E-state index in [2.05, 4.69) is 27.7 Å². The molecule has 0 aliphatic carbocycles. The summed E-state index contributed by atoms with van der Waals surface area (Å²) >= 11 is 0. The fourth-order valence-electron chi connectivity index (χ4n) is 0. The molecule has 0 radical (unpaired) electrons. The second-order valence-electron chi connectivity index (χ2n) is 1.39. The molecule has 0 aliphatic rings. The summed E-state index contributed by atoms with van der Waals surface area (Å²) in [5, 5.41) is 0. The molecular weight excluding hydrogens is 256 g/mol. The average Bonchev–Trinajstić information content (AvgIpc) is 1.41. The van der Waals surface area contributed by atoms with E-state index in [0.717, 1.165) is 0 Å². The van der Waals surface area contributed by atoms with Gasteiger partial charge in [-0.2, -0.15) is 12.8 Å². The van der Waals surface area contributed by atoms with Crippen LogP contribution < -0.4 is 0 Å². The van der Waals surface area contributed by atoms with Crippen molar-refractivity contribution in [3.05, 3.63) is 13.8 Å². The monoisotopic (exact) mass is 270 g/mol. The molecule has 0 aliphatic heterocycles. The maximum Gasteiger partial charge on any atom is 2.00 e. The van der Waals surface area contributed by atoms with Crippen LogP contribution in [0.2, 0.25) is 0 Å². The molecule has 0 bridgehead atoms. The first kappa shape index (κ1) is 15.6. The minimum absolute atomic E-state index is 0. The van der Waals surface area contributed by atoms with Crippen LogP contribution in [-0.2, 0) is 21.1 Å². The number of hydrogen-bond donors (Lipinski definition) is 0. The van der Waals surface area contributed by atoms with E-state index in [0.29, 0.717) is 5.92 Å². The molecule has 0 aromatic rings. The average molecular weight is 270 g/mol. The molecule has 0 aromatic carbocycles. The predicted molar refractivity (Wildman–Crippen MR) is 31.2 cm³/mol. The van der Waals surface area contributed by atoms with Crippen LogP contribution in [0.15, 0.2) is 0 Å². The van der Waals surface area contributed by atoms with E-state index in [-0.39, 0.29) is 21.1 Å². The second kappa shape index (κ2) is 15.9. The van der Waals surface area contributed by atoms with E-state index < -0.39 is 0 Å².